The minimum atomic E-state index is -0.424. The molecule has 0 spiro atoms. The molecule has 11 nitrogen and oxygen atoms in total. The molecule has 1 saturated heterocycles. The zero-order valence-corrected chi connectivity index (χ0v) is 16.5. The molecule has 0 radical (unpaired) electrons. The fourth-order valence-corrected chi connectivity index (χ4v) is 3.14. The third-order valence-electron chi connectivity index (χ3n) is 4.67. The van der Waals surface area contributed by atoms with Crippen LogP contribution in [-0.2, 0) is 11.8 Å². The Labute approximate surface area is 166 Å². The minimum absolute atomic E-state index is 0.194. The van der Waals surface area contributed by atoms with E-state index in [9.17, 15) is 9.59 Å². The number of rotatable bonds is 4. The fourth-order valence-electron chi connectivity index (χ4n) is 3.14. The van der Waals surface area contributed by atoms with Gasteiger partial charge in [-0.15, -0.1) is 5.10 Å². The second-order valence-electron chi connectivity index (χ2n) is 6.91. The Morgan fingerprint density at radius 2 is 2.00 bits per heavy atom. The van der Waals surface area contributed by atoms with E-state index in [-0.39, 0.29) is 17.2 Å². The quantitative estimate of drug-likeness (QED) is 0.671. The number of aryl methyl sites for hydroxylation is 1. The van der Waals surface area contributed by atoms with Crippen LogP contribution in [0.15, 0.2) is 24.5 Å². The number of morpholine rings is 1. The van der Waals surface area contributed by atoms with Gasteiger partial charge in [0.25, 0.3) is 11.8 Å². The number of fused-ring (bicyclic) bond motifs is 1. The molecule has 3 aromatic rings. The lowest BCUT2D eigenvalue weighted by molar-refractivity contribution is 0.0821. The third kappa shape index (κ3) is 3.63. The van der Waals surface area contributed by atoms with Gasteiger partial charge >= 0.3 is 0 Å². The van der Waals surface area contributed by atoms with E-state index in [4.69, 9.17) is 4.74 Å². The van der Waals surface area contributed by atoms with Crippen LogP contribution in [0.25, 0.3) is 5.65 Å². The van der Waals surface area contributed by atoms with E-state index in [0.29, 0.717) is 30.5 Å². The number of nitrogens with zero attached hydrogens (tertiary/aromatic N) is 7. The van der Waals surface area contributed by atoms with Gasteiger partial charge < -0.3 is 19.9 Å². The van der Waals surface area contributed by atoms with E-state index in [1.165, 1.54) is 15.8 Å². The highest BCUT2D eigenvalue weighted by Crippen LogP contribution is 2.18. The zero-order valence-electron chi connectivity index (χ0n) is 16.5. The molecule has 152 valence electrons. The molecule has 1 aliphatic heterocycles. The molecule has 0 unspecified atom stereocenters. The molecule has 1 fully saturated rings. The normalized spacial score (nSPS) is 14.2. The highest BCUT2D eigenvalue weighted by molar-refractivity contribution is 6.11. The topological polar surface area (TPSA) is 110 Å². The summed E-state index contributed by atoms with van der Waals surface area (Å²) >= 11 is 0. The number of pyridine rings is 1. The van der Waals surface area contributed by atoms with Crippen molar-refractivity contribution in [3.05, 3.63) is 35.8 Å². The highest BCUT2D eigenvalue weighted by Gasteiger charge is 2.23. The van der Waals surface area contributed by atoms with Gasteiger partial charge in [0, 0.05) is 52.2 Å². The molecule has 0 bridgehead atoms. The van der Waals surface area contributed by atoms with Gasteiger partial charge in [-0.05, 0) is 6.07 Å². The molecule has 11 heteroatoms. The van der Waals surface area contributed by atoms with Gasteiger partial charge in [-0.1, -0.05) is 0 Å². The van der Waals surface area contributed by atoms with Crippen molar-refractivity contribution in [1.29, 1.82) is 0 Å². The molecule has 1 N–H and O–H groups in total. The SMILES string of the molecule is CN(C)C(=O)c1cnn(C)c1C(=O)Nc1ccn2nc(N3CCOCC3)nc2c1. The first-order valence-electron chi connectivity index (χ1n) is 9.18. The van der Waals surface area contributed by atoms with Crippen molar-refractivity contribution < 1.29 is 14.3 Å². The predicted octanol–water partition coefficient (Wildman–Crippen LogP) is 0.254. The first kappa shape index (κ1) is 18.9. The summed E-state index contributed by atoms with van der Waals surface area (Å²) in [6.45, 7) is 2.78. The third-order valence-corrected chi connectivity index (χ3v) is 4.67. The van der Waals surface area contributed by atoms with Gasteiger partial charge in [0.15, 0.2) is 5.65 Å². The summed E-state index contributed by atoms with van der Waals surface area (Å²) in [5.41, 5.74) is 1.60. The summed E-state index contributed by atoms with van der Waals surface area (Å²) in [4.78, 5) is 33.2. The monoisotopic (exact) mass is 398 g/mol. The number of anilines is 2. The standard InChI is InChI=1S/C18H22N8O3/c1-23(2)17(28)13-11-19-24(3)15(13)16(27)20-12-4-5-26-14(10-12)21-18(22-26)25-6-8-29-9-7-25/h4-5,10-11H,6-9H2,1-3H3,(H,20,27). The van der Waals surface area contributed by atoms with Crippen molar-refractivity contribution in [1.82, 2.24) is 29.3 Å². The van der Waals surface area contributed by atoms with Gasteiger partial charge in [-0.25, -0.2) is 4.52 Å². The summed E-state index contributed by atoms with van der Waals surface area (Å²) < 4.78 is 8.40. The molecular weight excluding hydrogens is 376 g/mol. The van der Waals surface area contributed by atoms with Gasteiger partial charge in [-0.2, -0.15) is 10.1 Å². The maximum absolute atomic E-state index is 12.8. The van der Waals surface area contributed by atoms with Crippen LogP contribution < -0.4 is 10.2 Å². The summed E-state index contributed by atoms with van der Waals surface area (Å²) in [5.74, 6) is -0.0824. The minimum Gasteiger partial charge on any atom is -0.378 e. The molecule has 1 aliphatic rings. The predicted molar refractivity (Wildman–Crippen MR) is 105 cm³/mol. The van der Waals surface area contributed by atoms with E-state index in [0.717, 1.165) is 13.1 Å². The first-order valence-corrected chi connectivity index (χ1v) is 9.18. The summed E-state index contributed by atoms with van der Waals surface area (Å²) in [6.07, 6.45) is 3.13. The molecule has 4 heterocycles. The second kappa shape index (κ2) is 7.51. The van der Waals surface area contributed by atoms with Crippen molar-refractivity contribution in [2.45, 2.75) is 0 Å². The number of hydrogen-bond donors (Lipinski definition) is 1. The number of carbonyl (C=O) groups is 2. The smallest absolute Gasteiger partial charge is 0.274 e. The van der Waals surface area contributed by atoms with Gasteiger partial charge in [0.05, 0.1) is 25.0 Å². The highest BCUT2D eigenvalue weighted by atomic mass is 16.5. The Kier molecular flexibility index (Phi) is 4.89. The Bertz CT molecular complexity index is 1060. The summed E-state index contributed by atoms with van der Waals surface area (Å²) in [7, 11) is 4.88. The van der Waals surface area contributed by atoms with Crippen LogP contribution in [0.4, 0.5) is 11.6 Å². The molecule has 0 atom stereocenters. The van der Waals surface area contributed by atoms with Crippen LogP contribution in [-0.4, -0.2) is 81.5 Å². The number of nitrogens with one attached hydrogen (secondary N) is 1. The van der Waals surface area contributed by atoms with Crippen molar-refractivity contribution in [2.24, 2.45) is 7.05 Å². The lowest BCUT2D eigenvalue weighted by Crippen LogP contribution is -2.36. The van der Waals surface area contributed by atoms with E-state index >= 15 is 0 Å². The maximum Gasteiger partial charge on any atom is 0.274 e. The van der Waals surface area contributed by atoms with Crippen LogP contribution in [0, 0.1) is 0 Å². The fraction of sp³-hybridized carbons (Fsp3) is 0.389. The van der Waals surface area contributed by atoms with Gasteiger partial charge in [-0.3, -0.25) is 14.3 Å². The molecular formula is C18H22N8O3. The number of aromatic nitrogens is 5. The van der Waals surface area contributed by atoms with Gasteiger partial charge in [0.2, 0.25) is 5.95 Å². The maximum atomic E-state index is 12.8. The molecule has 0 saturated carbocycles. The van der Waals surface area contributed by atoms with Gasteiger partial charge in [0.1, 0.15) is 5.69 Å². The average Bonchev–Trinajstić information content (AvgIpc) is 3.31. The van der Waals surface area contributed by atoms with Crippen molar-refractivity contribution in [2.75, 3.05) is 50.6 Å². The molecule has 2 amide bonds. The number of hydrogen-bond acceptors (Lipinski definition) is 7. The van der Waals surface area contributed by atoms with E-state index < -0.39 is 5.91 Å². The molecule has 29 heavy (non-hydrogen) atoms. The summed E-state index contributed by atoms with van der Waals surface area (Å²) in [5, 5.41) is 11.3. The number of amides is 2. The van der Waals surface area contributed by atoms with Crippen molar-refractivity contribution in [3.63, 3.8) is 0 Å². The van der Waals surface area contributed by atoms with E-state index in [2.05, 4.69) is 25.4 Å². The van der Waals surface area contributed by atoms with E-state index in [1.54, 1.807) is 44.0 Å². The molecule has 4 rings (SSSR count). The van der Waals surface area contributed by atoms with Crippen LogP contribution in [0.2, 0.25) is 0 Å². The molecule has 0 aliphatic carbocycles. The van der Waals surface area contributed by atoms with Crippen molar-refractivity contribution in [3.8, 4) is 0 Å². The number of carbonyl (C=O) groups excluding carboxylic acids is 2. The second-order valence-corrected chi connectivity index (χ2v) is 6.91. The van der Waals surface area contributed by atoms with E-state index in [1.807, 2.05) is 0 Å². The van der Waals surface area contributed by atoms with Crippen LogP contribution in [0.3, 0.4) is 0 Å². The Balaban J connectivity index is 1.57. The lowest BCUT2D eigenvalue weighted by Gasteiger charge is -2.25. The molecule has 0 aromatic carbocycles. The van der Waals surface area contributed by atoms with Crippen LogP contribution >= 0.6 is 0 Å². The number of ether oxygens (including phenoxy) is 1. The Hall–Kier alpha value is -3.47. The largest absolute Gasteiger partial charge is 0.378 e. The zero-order chi connectivity index (χ0) is 20.5. The first-order chi connectivity index (χ1) is 13.9. The lowest BCUT2D eigenvalue weighted by atomic mass is 10.2. The van der Waals surface area contributed by atoms with Crippen molar-refractivity contribution >= 4 is 29.1 Å². The summed E-state index contributed by atoms with van der Waals surface area (Å²) in [6, 6.07) is 3.46. The Morgan fingerprint density at radius 1 is 1.24 bits per heavy atom. The van der Waals surface area contributed by atoms with Crippen LogP contribution in [0.5, 0.6) is 0 Å². The van der Waals surface area contributed by atoms with Crippen LogP contribution in [0.1, 0.15) is 20.8 Å². The average molecular weight is 398 g/mol. The Morgan fingerprint density at radius 3 is 2.72 bits per heavy atom. The molecule has 3 aromatic heterocycles.